The van der Waals surface area contributed by atoms with Crippen LogP contribution in [0.15, 0.2) is 89.8 Å². The van der Waals surface area contributed by atoms with Gasteiger partial charge < -0.3 is 5.32 Å². The van der Waals surface area contributed by atoms with E-state index in [-0.39, 0.29) is 11.9 Å². The van der Waals surface area contributed by atoms with Crippen LogP contribution in [0, 0.1) is 5.92 Å². The van der Waals surface area contributed by atoms with Gasteiger partial charge in [-0.15, -0.1) is 0 Å². The topological polar surface area (TPSA) is 69.7 Å². The van der Waals surface area contributed by atoms with Crippen molar-refractivity contribution in [2.24, 2.45) is 5.92 Å². The molecule has 1 N–H and O–H groups in total. The van der Waals surface area contributed by atoms with E-state index in [1.54, 1.807) is 28.6 Å². The molecule has 0 radical (unpaired) electrons. The van der Waals surface area contributed by atoms with E-state index in [9.17, 15) is 13.2 Å². The summed E-state index contributed by atoms with van der Waals surface area (Å²) in [6.45, 7) is 7.32. The maximum absolute atomic E-state index is 13.0. The first kappa shape index (κ1) is 26.1. The standard InChI is InChI=1S/C29H35N3O3S/c1-23(2)21-28(25-9-5-3-6-10-25)30-29(33)26-15-13-24(14-16-26)22-31-17-19-32(20-18-31)36(34,35)27-11-7-4-8-12-27/h3-16,23,28H,17-22H2,1-2H3,(H,30,33)/t28-/m1/s1. The SMILES string of the molecule is CC(C)C[C@@H](NC(=O)c1ccc(CN2CCN(S(=O)(=O)c3ccccc3)CC2)cc1)c1ccccc1. The molecule has 3 aromatic carbocycles. The maximum Gasteiger partial charge on any atom is 0.251 e. The van der Waals surface area contributed by atoms with E-state index in [2.05, 4.69) is 36.2 Å². The van der Waals surface area contributed by atoms with E-state index >= 15 is 0 Å². The molecule has 1 aliphatic heterocycles. The average Bonchev–Trinajstić information content (AvgIpc) is 2.90. The quantitative estimate of drug-likeness (QED) is 0.457. The summed E-state index contributed by atoms with van der Waals surface area (Å²) in [5.41, 5.74) is 2.86. The lowest BCUT2D eigenvalue weighted by Crippen LogP contribution is -2.48. The lowest BCUT2D eigenvalue weighted by Gasteiger charge is -2.34. The van der Waals surface area contributed by atoms with Crippen molar-refractivity contribution in [3.63, 3.8) is 0 Å². The number of carbonyl (C=O) groups excluding carboxylic acids is 1. The number of nitrogens with one attached hydrogen (secondary N) is 1. The first-order valence-corrected chi connectivity index (χ1v) is 14.0. The highest BCUT2D eigenvalue weighted by Gasteiger charge is 2.28. The fraction of sp³-hybridized carbons (Fsp3) is 0.345. The zero-order valence-corrected chi connectivity index (χ0v) is 21.8. The van der Waals surface area contributed by atoms with Gasteiger partial charge in [0, 0.05) is 38.3 Å². The van der Waals surface area contributed by atoms with Crippen LogP contribution in [-0.2, 0) is 16.6 Å². The van der Waals surface area contributed by atoms with E-state index in [1.807, 2.05) is 48.5 Å². The zero-order chi connectivity index (χ0) is 25.5. The Hall–Kier alpha value is -3.00. The summed E-state index contributed by atoms with van der Waals surface area (Å²) in [6.07, 6.45) is 0.875. The molecule has 1 amide bonds. The summed E-state index contributed by atoms with van der Waals surface area (Å²) in [5.74, 6) is 0.386. The lowest BCUT2D eigenvalue weighted by atomic mass is 9.96. The van der Waals surface area contributed by atoms with Gasteiger partial charge in [0.15, 0.2) is 0 Å². The number of piperazine rings is 1. The Morgan fingerprint density at radius 1 is 0.833 bits per heavy atom. The van der Waals surface area contributed by atoms with E-state index < -0.39 is 10.0 Å². The Morgan fingerprint density at radius 3 is 2.00 bits per heavy atom. The number of rotatable bonds is 9. The third kappa shape index (κ3) is 6.60. The highest BCUT2D eigenvalue weighted by molar-refractivity contribution is 7.89. The van der Waals surface area contributed by atoms with Crippen LogP contribution in [0.3, 0.4) is 0 Å². The molecule has 0 saturated carbocycles. The van der Waals surface area contributed by atoms with Crippen molar-refractivity contribution >= 4 is 15.9 Å². The molecule has 36 heavy (non-hydrogen) atoms. The maximum atomic E-state index is 13.0. The minimum absolute atomic E-state index is 0.0261. The molecule has 190 valence electrons. The Balaban J connectivity index is 1.32. The predicted molar refractivity (Wildman–Crippen MR) is 143 cm³/mol. The molecule has 0 unspecified atom stereocenters. The molecule has 0 aliphatic carbocycles. The molecule has 1 heterocycles. The van der Waals surface area contributed by atoms with Gasteiger partial charge >= 0.3 is 0 Å². The monoisotopic (exact) mass is 505 g/mol. The van der Waals surface area contributed by atoms with Crippen molar-refractivity contribution in [1.82, 2.24) is 14.5 Å². The van der Waals surface area contributed by atoms with Gasteiger partial charge in [-0.3, -0.25) is 9.69 Å². The fourth-order valence-corrected chi connectivity index (χ4v) is 6.01. The molecule has 1 atom stereocenters. The second kappa shape index (κ2) is 11.8. The molecule has 6 nitrogen and oxygen atoms in total. The van der Waals surface area contributed by atoms with Gasteiger partial charge in [-0.2, -0.15) is 4.31 Å². The van der Waals surface area contributed by atoms with Gasteiger partial charge in [0.25, 0.3) is 5.91 Å². The molecule has 0 spiro atoms. The van der Waals surface area contributed by atoms with E-state index in [0.29, 0.717) is 42.6 Å². The summed E-state index contributed by atoms with van der Waals surface area (Å²) in [4.78, 5) is 15.6. The number of benzene rings is 3. The van der Waals surface area contributed by atoms with Crippen LogP contribution in [-0.4, -0.2) is 49.7 Å². The summed E-state index contributed by atoms with van der Waals surface area (Å²) in [5, 5.41) is 3.20. The normalized spacial score (nSPS) is 16.1. The molecule has 3 aromatic rings. The van der Waals surface area contributed by atoms with Gasteiger partial charge in [0.05, 0.1) is 10.9 Å². The number of sulfonamides is 1. The largest absolute Gasteiger partial charge is 0.345 e. The number of nitrogens with zero attached hydrogens (tertiary/aromatic N) is 2. The van der Waals surface area contributed by atoms with Gasteiger partial charge in [-0.25, -0.2) is 8.42 Å². The summed E-state index contributed by atoms with van der Waals surface area (Å²) in [7, 11) is -3.45. The zero-order valence-electron chi connectivity index (χ0n) is 21.0. The summed E-state index contributed by atoms with van der Waals surface area (Å²) < 4.78 is 27.3. The highest BCUT2D eigenvalue weighted by atomic mass is 32.2. The third-order valence-corrected chi connectivity index (χ3v) is 8.46. The van der Waals surface area contributed by atoms with Gasteiger partial charge in [-0.1, -0.05) is 74.5 Å². The number of amides is 1. The smallest absolute Gasteiger partial charge is 0.251 e. The Kier molecular flexibility index (Phi) is 8.56. The van der Waals surface area contributed by atoms with E-state index in [4.69, 9.17) is 0 Å². The molecular formula is C29H35N3O3S. The second-order valence-corrected chi connectivity index (χ2v) is 11.7. The molecule has 4 rings (SSSR count). The molecular weight excluding hydrogens is 470 g/mol. The summed E-state index contributed by atoms with van der Waals surface area (Å²) in [6, 6.07) is 26.4. The third-order valence-electron chi connectivity index (χ3n) is 6.55. The molecule has 7 heteroatoms. The first-order chi connectivity index (χ1) is 17.3. The number of carbonyl (C=O) groups is 1. The fourth-order valence-electron chi connectivity index (χ4n) is 4.57. The van der Waals surface area contributed by atoms with Gasteiger partial charge in [0.2, 0.25) is 10.0 Å². The number of hydrogen-bond donors (Lipinski definition) is 1. The number of hydrogen-bond acceptors (Lipinski definition) is 4. The van der Waals surface area contributed by atoms with Crippen LogP contribution in [0.4, 0.5) is 0 Å². The van der Waals surface area contributed by atoms with Crippen LogP contribution in [0.25, 0.3) is 0 Å². The minimum atomic E-state index is -3.45. The second-order valence-electron chi connectivity index (χ2n) is 9.76. The Labute approximate surface area is 215 Å². The molecule has 1 fully saturated rings. The molecule has 0 aromatic heterocycles. The predicted octanol–water partition coefficient (Wildman–Crippen LogP) is 4.71. The molecule has 1 aliphatic rings. The summed E-state index contributed by atoms with van der Waals surface area (Å²) >= 11 is 0. The van der Waals surface area contributed by atoms with E-state index in [1.165, 1.54) is 0 Å². The highest BCUT2D eigenvalue weighted by Crippen LogP contribution is 2.22. The van der Waals surface area contributed by atoms with Gasteiger partial charge in [0.1, 0.15) is 0 Å². The van der Waals surface area contributed by atoms with Crippen LogP contribution in [0.2, 0.25) is 0 Å². The van der Waals surface area contributed by atoms with Crippen LogP contribution >= 0.6 is 0 Å². The van der Waals surface area contributed by atoms with Crippen molar-refractivity contribution < 1.29 is 13.2 Å². The van der Waals surface area contributed by atoms with Crippen LogP contribution in [0.1, 0.15) is 47.8 Å². The Bertz CT molecular complexity index is 1220. The minimum Gasteiger partial charge on any atom is -0.345 e. The van der Waals surface area contributed by atoms with Crippen molar-refractivity contribution in [3.8, 4) is 0 Å². The van der Waals surface area contributed by atoms with Crippen molar-refractivity contribution in [1.29, 1.82) is 0 Å². The van der Waals surface area contributed by atoms with Crippen molar-refractivity contribution in [2.75, 3.05) is 26.2 Å². The first-order valence-electron chi connectivity index (χ1n) is 12.6. The van der Waals surface area contributed by atoms with Crippen LogP contribution < -0.4 is 5.32 Å². The van der Waals surface area contributed by atoms with Gasteiger partial charge in [-0.05, 0) is 47.7 Å². The molecule has 1 saturated heterocycles. The van der Waals surface area contributed by atoms with Crippen molar-refractivity contribution in [2.45, 2.75) is 37.8 Å². The van der Waals surface area contributed by atoms with E-state index in [0.717, 1.165) is 24.1 Å². The molecule has 0 bridgehead atoms. The average molecular weight is 506 g/mol. The Morgan fingerprint density at radius 2 is 1.42 bits per heavy atom. The van der Waals surface area contributed by atoms with Crippen molar-refractivity contribution in [3.05, 3.63) is 102 Å². The lowest BCUT2D eigenvalue weighted by molar-refractivity contribution is 0.0932. The van der Waals surface area contributed by atoms with Crippen LogP contribution in [0.5, 0.6) is 0 Å².